The van der Waals surface area contributed by atoms with Gasteiger partial charge in [0.1, 0.15) is 12.1 Å². The first-order valence-corrected chi connectivity index (χ1v) is 6.22. The number of nitrogens with one attached hydrogen (secondary N) is 1. The Morgan fingerprint density at radius 2 is 2.00 bits per heavy atom. The lowest BCUT2D eigenvalue weighted by Crippen LogP contribution is -2.20. The van der Waals surface area contributed by atoms with Crippen LogP contribution in [0.5, 0.6) is 11.5 Å². The summed E-state index contributed by atoms with van der Waals surface area (Å²) in [5.74, 6) is 1.40. The summed E-state index contributed by atoms with van der Waals surface area (Å²) in [7, 11) is 0. The van der Waals surface area contributed by atoms with Gasteiger partial charge in [-0.3, -0.25) is 0 Å². The fourth-order valence-corrected chi connectivity index (χ4v) is 1.68. The summed E-state index contributed by atoms with van der Waals surface area (Å²) >= 11 is 0. The van der Waals surface area contributed by atoms with E-state index < -0.39 is 0 Å². The highest BCUT2D eigenvalue weighted by Gasteiger charge is 1.99. The molecule has 0 saturated carbocycles. The van der Waals surface area contributed by atoms with Crippen LogP contribution in [0.3, 0.4) is 0 Å². The lowest BCUT2D eigenvalue weighted by Gasteiger charge is -2.07. The number of nitrogens with zero attached hydrogens (tertiary/aromatic N) is 2. The number of ether oxygens (including phenoxy) is 1. The van der Waals surface area contributed by atoms with Crippen molar-refractivity contribution < 1.29 is 11.3 Å². The van der Waals surface area contributed by atoms with E-state index in [1.807, 2.05) is 18.2 Å². The molecule has 2 aromatic rings. The molecule has 1 aromatic heterocycles. The quantitative estimate of drug-likeness (QED) is 0.742. The van der Waals surface area contributed by atoms with Gasteiger partial charge in [-0.05, 0) is 30.7 Å². The largest absolute Gasteiger partial charge is 0.454 e. The van der Waals surface area contributed by atoms with Gasteiger partial charge in [0.2, 0.25) is 0 Å². The predicted molar refractivity (Wildman–Crippen MR) is 74.3 cm³/mol. The van der Waals surface area contributed by atoms with Crippen LogP contribution in [0.1, 0.15) is 6.99 Å². The van der Waals surface area contributed by atoms with Crippen molar-refractivity contribution in [2.75, 3.05) is 19.7 Å². The monoisotopic (exact) mass is 261 g/mol. The van der Waals surface area contributed by atoms with Crippen molar-refractivity contribution in [2.24, 2.45) is 0 Å². The second-order valence-electron chi connectivity index (χ2n) is 4.05. The molecular weight excluding hydrogens is 242 g/mol. The summed E-state index contributed by atoms with van der Waals surface area (Å²) in [6.45, 7) is 1.62. The first kappa shape index (κ1) is 13.5. The van der Waals surface area contributed by atoms with Gasteiger partial charge in [0.15, 0.2) is 5.75 Å². The normalized spacial score (nSPS) is 10.4. The van der Waals surface area contributed by atoms with Gasteiger partial charge in [-0.25, -0.2) is 9.97 Å². The van der Waals surface area contributed by atoms with Crippen molar-refractivity contribution in [1.29, 1.82) is 0 Å². The molecule has 0 unspecified atom stereocenters. The molecule has 0 aliphatic rings. The number of rotatable bonds is 7. The van der Waals surface area contributed by atoms with Gasteiger partial charge >= 0.3 is 0 Å². The second-order valence-corrected chi connectivity index (χ2v) is 4.05. The van der Waals surface area contributed by atoms with Crippen LogP contribution in [0.4, 0.5) is 0 Å². The minimum absolute atomic E-state index is 0. The van der Waals surface area contributed by atoms with Crippen LogP contribution < -0.4 is 10.1 Å². The van der Waals surface area contributed by atoms with Crippen molar-refractivity contribution in [1.82, 2.24) is 15.3 Å². The van der Waals surface area contributed by atoms with Crippen molar-refractivity contribution in [3.63, 3.8) is 0 Å². The molecule has 5 heteroatoms. The average molecular weight is 261 g/mol. The van der Waals surface area contributed by atoms with E-state index in [-0.39, 0.29) is 8.03 Å². The van der Waals surface area contributed by atoms with Gasteiger partial charge < -0.3 is 15.2 Å². The predicted octanol–water partition coefficient (Wildman–Crippen LogP) is 1.64. The number of aliphatic hydroxyl groups excluding tert-OH is 1. The van der Waals surface area contributed by atoms with Gasteiger partial charge in [-0.2, -0.15) is 0 Å². The molecule has 0 bridgehead atoms. The van der Waals surface area contributed by atoms with Crippen molar-refractivity contribution >= 4 is 0 Å². The smallest absolute Gasteiger partial charge is 0.163 e. The van der Waals surface area contributed by atoms with E-state index in [1.165, 1.54) is 11.9 Å². The summed E-state index contributed by atoms with van der Waals surface area (Å²) in [6, 6.07) is 7.90. The third-order valence-corrected chi connectivity index (χ3v) is 2.55. The highest BCUT2D eigenvalue weighted by molar-refractivity contribution is 5.32. The minimum atomic E-state index is 0. The molecule has 1 aromatic carbocycles. The van der Waals surface area contributed by atoms with E-state index in [1.54, 1.807) is 12.4 Å². The van der Waals surface area contributed by atoms with Crippen LogP contribution >= 0.6 is 0 Å². The first-order chi connectivity index (χ1) is 9.38. The van der Waals surface area contributed by atoms with Gasteiger partial charge in [0.25, 0.3) is 0 Å². The molecule has 19 heavy (non-hydrogen) atoms. The fraction of sp³-hybridized carbons (Fsp3) is 0.286. The molecule has 0 saturated heterocycles. The van der Waals surface area contributed by atoms with Crippen LogP contribution in [-0.4, -0.2) is 34.8 Å². The number of aliphatic hydroxyl groups is 1. The molecule has 1 heterocycles. The van der Waals surface area contributed by atoms with Crippen molar-refractivity contribution in [2.45, 2.75) is 6.42 Å². The zero-order valence-corrected chi connectivity index (χ0v) is 10.6. The Hall–Kier alpha value is -1.98. The second kappa shape index (κ2) is 7.45. The van der Waals surface area contributed by atoms with Crippen LogP contribution in [0.15, 0.2) is 43.0 Å². The molecule has 0 radical (unpaired) electrons. The third-order valence-electron chi connectivity index (χ3n) is 2.55. The SMILES string of the molecule is OCCNCCc1cccc(Oc2cncnc2)c1.[HH]. The van der Waals surface area contributed by atoms with E-state index in [4.69, 9.17) is 9.84 Å². The molecule has 0 spiro atoms. The molecule has 0 aliphatic heterocycles. The van der Waals surface area contributed by atoms with E-state index in [0.717, 1.165) is 18.7 Å². The molecule has 0 amide bonds. The Kier molecular flexibility index (Phi) is 5.28. The van der Waals surface area contributed by atoms with Crippen LogP contribution in [0.25, 0.3) is 0 Å². The molecule has 5 nitrogen and oxygen atoms in total. The molecule has 0 aliphatic carbocycles. The topological polar surface area (TPSA) is 67.3 Å². The summed E-state index contributed by atoms with van der Waals surface area (Å²) in [4.78, 5) is 7.81. The Morgan fingerprint density at radius 3 is 2.79 bits per heavy atom. The minimum Gasteiger partial charge on any atom is -0.454 e. The van der Waals surface area contributed by atoms with Crippen molar-refractivity contribution in [3.05, 3.63) is 48.5 Å². The zero-order valence-electron chi connectivity index (χ0n) is 10.6. The van der Waals surface area contributed by atoms with Gasteiger partial charge in [-0.15, -0.1) is 0 Å². The number of benzene rings is 1. The van der Waals surface area contributed by atoms with Crippen LogP contribution in [0.2, 0.25) is 0 Å². The molecule has 2 rings (SSSR count). The molecule has 2 N–H and O–H groups in total. The maximum Gasteiger partial charge on any atom is 0.163 e. The zero-order chi connectivity index (χ0) is 13.3. The molecule has 102 valence electrons. The van der Waals surface area contributed by atoms with Crippen LogP contribution in [-0.2, 0) is 6.42 Å². The lowest BCUT2D eigenvalue weighted by atomic mass is 10.1. The van der Waals surface area contributed by atoms with E-state index in [2.05, 4.69) is 21.4 Å². The highest BCUT2D eigenvalue weighted by Crippen LogP contribution is 2.20. The highest BCUT2D eigenvalue weighted by atomic mass is 16.5. The summed E-state index contributed by atoms with van der Waals surface area (Å²) < 4.78 is 5.66. The van der Waals surface area contributed by atoms with E-state index in [9.17, 15) is 0 Å². The number of hydrogen-bond donors (Lipinski definition) is 2. The fourth-order valence-electron chi connectivity index (χ4n) is 1.68. The maximum absolute atomic E-state index is 8.68. The average Bonchev–Trinajstić information content (AvgIpc) is 2.45. The standard InChI is InChI=1S/C14H17N3O2.H2/c18-7-6-15-5-4-12-2-1-3-13(8-12)19-14-9-16-11-17-10-14;/h1-3,8-11,15,18H,4-7H2;1H. The Bertz CT molecular complexity index is 497. The Balaban J connectivity index is 0.00000200. The maximum atomic E-state index is 8.68. The first-order valence-electron chi connectivity index (χ1n) is 6.22. The molecule has 0 atom stereocenters. The Morgan fingerprint density at radius 1 is 1.16 bits per heavy atom. The number of aromatic nitrogens is 2. The Labute approximate surface area is 113 Å². The molecular formula is C14H19N3O2. The summed E-state index contributed by atoms with van der Waals surface area (Å²) in [6.07, 6.45) is 5.61. The summed E-state index contributed by atoms with van der Waals surface area (Å²) in [5.41, 5.74) is 1.18. The van der Waals surface area contributed by atoms with E-state index in [0.29, 0.717) is 12.3 Å². The van der Waals surface area contributed by atoms with Crippen LogP contribution in [0, 0.1) is 0 Å². The van der Waals surface area contributed by atoms with Gasteiger partial charge in [-0.1, -0.05) is 12.1 Å². The van der Waals surface area contributed by atoms with E-state index >= 15 is 0 Å². The third kappa shape index (κ3) is 4.65. The lowest BCUT2D eigenvalue weighted by molar-refractivity contribution is 0.293. The van der Waals surface area contributed by atoms with Gasteiger partial charge in [0, 0.05) is 7.97 Å². The molecule has 0 fully saturated rings. The summed E-state index contributed by atoms with van der Waals surface area (Å²) in [5, 5.41) is 11.8. The van der Waals surface area contributed by atoms with Gasteiger partial charge in [0.05, 0.1) is 19.0 Å². The number of hydrogen-bond acceptors (Lipinski definition) is 5. The van der Waals surface area contributed by atoms with Crippen molar-refractivity contribution in [3.8, 4) is 11.5 Å².